The maximum Gasteiger partial charge on any atom is 0.233 e. The molecule has 1 fully saturated rings. The first kappa shape index (κ1) is 17.8. The number of benzene rings is 1. The Morgan fingerprint density at radius 3 is 3.04 bits per heavy atom. The minimum atomic E-state index is 0.175. The molecule has 25 heavy (non-hydrogen) atoms. The van der Waals surface area contributed by atoms with Crippen molar-refractivity contribution >= 4 is 17.7 Å². The Morgan fingerprint density at radius 1 is 1.40 bits per heavy atom. The largest absolute Gasteiger partial charge is 0.508 e. The third-order valence-electron chi connectivity index (χ3n) is 4.62. The topological polar surface area (TPSA) is 71.2 Å². The van der Waals surface area contributed by atoms with Crippen molar-refractivity contribution in [1.82, 2.24) is 19.7 Å². The first-order valence-electron chi connectivity index (χ1n) is 8.67. The highest BCUT2D eigenvalue weighted by molar-refractivity contribution is 7.99. The summed E-state index contributed by atoms with van der Waals surface area (Å²) in [5.74, 6) is 0.873. The van der Waals surface area contributed by atoms with Gasteiger partial charge in [0.25, 0.3) is 0 Å². The molecule has 2 heterocycles. The summed E-state index contributed by atoms with van der Waals surface area (Å²) < 4.78 is 1.83. The number of likely N-dealkylation sites (tertiary alicyclic amines) is 1. The van der Waals surface area contributed by atoms with Crippen LogP contribution in [0, 0.1) is 0 Å². The van der Waals surface area contributed by atoms with E-state index in [2.05, 4.69) is 10.2 Å². The van der Waals surface area contributed by atoms with Gasteiger partial charge in [-0.05, 0) is 49.8 Å². The number of amides is 1. The van der Waals surface area contributed by atoms with Crippen LogP contribution in [0.5, 0.6) is 5.75 Å². The highest BCUT2D eigenvalue weighted by atomic mass is 32.2. The maximum absolute atomic E-state index is 12.7. The molecular formula is C18H24N4O2S. The Labute approximate surface area is 152 Å². The summed E-state index contributed by atoms with van der Waals surface area (Å²) in [6, 6.07) is 7.66. The van der Waals surface area contributed by atoms with Crippen LogP contribution in [0.1, 0.15) is 31.2 Å². The Hall–Kier alpha value is -2.02. The van der Waals surface area contributed by atoms with Gasteiger partial charge in [-0.3, -0.25) is 4.79 Å². The number of nitrogens with zero attached hydrogens (tertiary/aromatic N) is 4. The molecule has 7 heteroatoms. The van der Waals surface area contributed by atoms with Gasteiger partial charge in [0.2, 0.25) is 5.91 Å². The van der Waals surface area contributed by atoms with Crippen LogP contribution in [0.2, 0.25) is 0 Å². The molecule has 0 aliphatic carbocycles. The maximum atomic E-state index is 12.7. The predicted molar refractivity (Wildman–Crippen MR) is 97.5 cm³/mol. The van der Waals surface area contributed by atoms with Gasteiger partial charge < -0.3 is 14.6 Å². The predicted octanol–water partition coefficient (Wildman–Crippen LogP) is 2.63. The second-order valence-electron chi connectivity index (χ2n) is 6.46. The fraction of sp³-hybridized carbons (Fsp3) is 0.500. The number of carbonyl (C=O) groups is 1. The van der Waals surface area contributed by atoms with Crippen LogP contribution in [0.4, 0.5) is 0 Å². The molecule has 0 unspecified atom stereocenters. The van der Waals surface area contributed by atoms with E-state index in [1.807, 2.05) is 28.6 Å². The van der Waals surface area contributed by atoms with E-state index in [-0.39, 0.29) is 11.9 Å². The zero-order valence-electron chi connectivity index (χ0n) is 14.5. The van der Waals surface area contributed by atoms with Crippen molar-refractivity contribution in [1.29, 1.82) is 0 Å². The van der Waals surface area contributed by atoms with Gasteiger partial charge in [-0.25, -0.2) is 0 Å². The number of rotatable bonds is 6. The molecule has 6 nitrogen and oxygen atoms in total. The lowest BCUT2D eigenvalue weighted by Crippen LogP contribution is -2.44. The van der Waals surface area contributed by atoms with E-state index < -0.39 is 0 Å². The molecule has 0 radical (unpaired) electrons. The molecule has 1 N–H and O–H groups in total. The quantitative estimate of drug-likeness (QED) is 0.802. The van der Waals surface area contributed by atoms with Gasteiger partial charge in [-0.1, -0.05) is 23.9 Å². The zero-order valence-corrected chi connectivity index (χ0v) is 15.3. The van der Waals surface area contributed by atoms with E-state index in [1.54, 1.807) is 18.5 Å². The van der Waals surface area contributed by atoms with E-state index in [1.165, 1.54) is 18.2 Å². The van der Waals surface area contributed by atoms with Crippen molar-refractivity contribution in [2.24, 2.45) is 7.05 Å². The molecule has 0 bridgehead atoms. The van der Waals surface area contributed by atoms with Gasteiger partial charge in [0.15, 0.2) is 5.16 Å². The molecular weight excluding hydrogens is 336 g/mol. The highest BCUT2D eigenvalue weighted by Crippen LogP contribution is 2.24. The molecule has 1 aromatic heterocycles. The number of aromatic nitrogens is 3. The monoisotopic (exact) mass is 360 g/mol. The van der Waals surface area contributed by atoms with Gasteiger partial charge in [0.1, 0.15) is 12.1 Å². The van der Waals surface area contributed by atoms with E-state index in [0.29, 0.717) is 11.5 Å². The lowest BCUT2D eigenvalue weighted by Gasteiger charge is -2.36. The Balaban J connectivity index is 1.56. The molecule has 1 saturated heterocycles. The third kappa shape index (κ3) is 4.75. The van der Waals surface area contributed by atoms with Crippen molar-refractivity contribution in [3.63, 3.8) is 0 Å². The second kappa shape index (κ2) is 8.38. The molecule has 134 valence electrons. The van der Waals surface area contributed by atoms with Gasteiger partial charge >= 0.3 is 0 Å². The Kier molecular flexibility index (Phi) is 5.96. The van der Waals surface area contributed by atoms with Crippen molar-refractivity contribution < 1.29 is 9.90 Å². The normalized spacial score (nSPS) is 17.6. The average molecular weight is 360 g/mol. The van der Waals surface area contributed by atoms with E-state index >= 15 is 0 Å². The fourth-order valence-electron chi connectivity index (χ4n) is 3.29. The molecule has 1 aromatic carbocycles. The van der Waals surface area contributed by atoms with Crippen LogP contribution in [-0.2, 0) is 18.3 Å². The number of piperidine rings is 1. The number of hydrogen-bond donors (Lipinski definition) is 1. The summed E-state index contributed by atoms with van der Waals surface area (Å²) in [5.41, 5.74) is 1.12. The van der Waals surface area contributed by atoms with E-state index in [4.69, 9.17) is 0 Å². The fourth-order valence-corrected chi connectivity index (χ4v) is 4.06. The van der Waals surface area contributed by atoms with Gasteiger partial charge in [0.05, 0.1) is 5.75 Å². The first-order valence-corrected chi connectivity index (χ1v) is 9.66. The molecule has 3 rings (SSSR count). The van der Waals surface area contributed by atoms with Crippen LogP contribution in [0.15, 0.2) is 35.7 Å². The second-order valence-corrected chi connectivity index (χ2v) is 7.40. The Bertz CT molecular complexity index is 719. The third-order valence-corrected chi connectivity index (χ3v) is 5.64. The summed E-state index contributed by atoms with van der Waals surface area (Å²) >= 11 is 1.44. The summed E-state index contributed by atoms with van der Waals surface area (Å²) in [6.07, 6.45) is 6.75. The number of phenols is 1. The van der Waals surface area contributed by atoms with E-state index in [0.717, 1.165) is 42.9 Å². The SMILES string of the molecule is Cn1cnnc1SCC(=O)N1CCCC[C@@H]1CCc1cccc(O)c1. The van der Waals surface area contributed by atoms with Crippen LogP contribution < -0.4 is 0 Å². The number of carbonyl (C=O) groups excluding carboxylic acids is 1. The molecule has 2 aromatic rings. The number of aromatic hydroxyl groups is 1. The van der Waals surface area contributed by atoms with E-state index in [9.17, 15) is 9.90 Å². The number of thioether (sulfide) groups is 1. The van der Waals surface area contributed by atoms with Crippen molar-refractivity contribution in [2.45, 2.75) is 43.3 Å². The molecule has 0 spiro atoms. The van der Waals surface area contributed by atoms with Gasteiger partial charge in [-0.2, -0.15) is 0 Å². The first-order chi connectivity index (χ1) is 12.1. The van der Waals surface area contributed by atoms with Crippen molar-refractivity contribution in [2.75, 3.05) is 12.3 Å². The standard InChI is InChI=1S/C18H24N4O2S/c1-21-13-19-20-18(21)25-12-17(24)22-10-3-2-6-15(22)9-8-14-5-4-7-16(23)11-14/h4-5,7,11,13,15,23H,2-3,6,8-10,12H2,1H3/t15-/m1/s1. The summed E-state index contributed by atoms with van der Waals surface area (Å²) in [5, 5.41) is 18.2. The number of aryl methyl sites for hydroxylation is 2. The van der Waals surface area contributed by atoms with Crippen molar-refractivity contribution in [3.8, 4) is 5.75 Å². The molecule has 1 aliphatic rings. The van der Waals surface area contributed by atoms with Gasteiger partial charge in [-0.15, -0.1) is 10.2 Å². The highest BCUT2D eigenvalue weighted by Gasteiger charge is 2.26. The van der Waals surface area contributed by atoms with Gasteiger partial charge in [0, 0.05) is 19.6 Å². The average Bonchev–Trinajstić information content (AvgIpc) is 3.03. The molecule has 0 saturated carbocycles. The number of hydrogen-bond acceptors (Lipinski definition) is 5. The molecule has 1 amide bonds. The lowest BCUT2D eigenvalue weighted by atomic mass is 9.96. The van der Waals surface area contributed by atoms with Crippen LogP contribution in [0.3, 0.4) is 0 Å². The minimum absolute atomic E-state index is 0.175. The molecule has 1 atom stereocenters. The smallest absolute Gasteiger partial charge is 0.233 e. The van der Waals surface area contributed by atoms with Crippen LogP contribution in [-0.4, -0.2) is 49.0 Å². The Morgan fingerprint density at radius 2 is 2.28 bits per heavy atom. The zero-order chi connectivity index (χ0) is 17.6. The number of phenolic OH excluding ortho intramolecular Hbond substituents is 1. The molecule has 1 aliphatic heterocycles. The summed E-state index contributed by atoms with van der Waals surface area (Å²) in [7, 11) is 1.88. The summed E-state index contributed by atoms with van der Waals surface area (Å²) in [6.45, 7) is 0.836. The summed E-state index contributed by atoms with van der Waals surface area (Å²) in [4.78, 5) is 14.7. The van der Waals surface area contributed by atoms with Crippen LogP contribution >= 0.6 is 11.8 Å². The minimum Gasteiger partial charge on any atom is -0.508 e. The van der Waals surface area contributed by atoms with Crippen LogP contribution in [0.25, 0.3) is 0 Å². The van der Waals surface area contributed by atoms with Crippen molar-refractivity contribution in [3.05, 3.63) is 36.2 Å². The lowest BCUT2D eigenvalue weighted by molar-refractivity contribution is -0.132.